The second-order valence-electron chi connectivity index (χ2n) is 4.17. The summed E-state index contributed by atoms with van der Waals surface area (Å²) in [5.74, 6) is -0.219. The van der Waals surface area contributed by atoms with Crippen LogP contribution >= 0.6 is 15.9 Å². The number of rotatable bonds is 2. The monoisotopic (exact) mass is 296 g/mol. The van der Waals surface area contributed by atoms with Crippen LogP contribution in [0.5, 0.6) is 0 Å². The van der Waals surface area contributed by atoms with Gasteiger partial charge in [-0.15, -0.1) is 0 Å². The van der Waals surface area contributed by atoms with E-state index in [2.05, 4.69) is 26.6 Å². The summed E-state index contributed by atoms with van der Waals surface area (Å²) in [5.41, 5.74) is 1.80. The zero-order valence-electron chi connectivity index (χ0n) is 9.42. The van der Waals surface area contributed by atoms with Crippen molar-refractivity contribution in [1.82, 2.24) is 5.32 Å². The Morgan fingerprint density at radius 1 is 1.47 bits per heavy atom. The lowest BCUT2D eigenvalue weighted by Gasteiger charge is -2.11. The number of aryl methyl sites for hydroxylation is 1. The standard InChI is InChI=1S/C12H13BrN2O2/c1-7-4-8(13)6-9(5-7)14-12(17)10-2-3-11(16)15-10/h4-6,10H,2-3H2,1H3,(H,14,17)(H,15,16). The van der Waals surface area contributed by atoms with Gasteiger partial charge in [-0.05, 0) is 37.1 Å². The molecule has 1 aromatic carbocycles. The van der Waals surface area contributed by atoms with Crippen LogP contribution in [0.3, 0.4) is 0 Å². The number of nitrogens with one attached hydrogen (secondary N) is 2. The highest BCUT2D eigenvalue weighted by Crippen LogP contribution is 2.19. The molecule has 0 aromatic heterocycles. The summed E-state index contributed by atoms with van der Waals surface area (Å²) < 4.78 is 0.920. The SMILES string of the molecule is Cc1cc(Br)cc(NC(=O)C2CCC(=O)N2)c1. The van der Waals surface area contributed by atoms with Gasteiger partial charge >= 0.3 is 0 Å². The van der Waals surface area contributed by atoms with Crippen molar-refractivity contribution in [2.24, 2.45) is 0 Å². The number of hydrogen-bond acceptors (Lipinski definition) is 2. The maximum Gasteiger partial charge on any atom is 0.246 e. The molecule has 1 fully saturated rings. The number of anilines is 1. The van der Waals surface area contributed by atoms with Crippen molar-refractivity contribution in [2.45, 2.75) is 25.8 Å². The smallest absolute Gasteiger partial charge is 0.246 e. The van der Waals surface area contributed by atoms with Crippen LogP contribution in [0.1, 0.15) is 18.4 Å². The molecule has 1 saturated heterocycles. The van der Waals surface area contributed by atoms with Crippen molar-refractivity contribution in [3.05, 3.63) is 28.2 Å². The third-order valence-corrected chi connectivity index (χ3v) is 3.08. The zero-order chi connectivity index (χ0) is 12.4. The molecule has 0 spiro atoms. The van der Waals surface area contributed by atoms with Crippen molar-refractivity contribution >= 4 is 33.4 Å². The highest BCUT2D eigenvalue weighted by Gasteiger charge is 2.27. The van der Waals surface area contributed by atoms with Gasteiger partial charge in [0.05, 0.1) is 0 Å². The summed E-state index contributed by atoms with van der Waals surface area (Å²) in [6, 6.07) is 5.29. The average molecular weight is 297 g/mol. The Kier molecular flexibility index (Phi) is 3.47. The average Bonchev–Trinajstić information content (AvgIpc) is 2.63. The van der Waals surface area contributed by atoms with E-state index in [1.807, 2.05) is 25.1 Å². The first kappa shape index (κ1) is 12.1. The largest absolute Gasteiger partial charge is 0.344 e. The number of halogens is 1. The van der Waals surface area contributed by atoms with Crippen molar-refractivity contribution in [2.75, 3.05) is 5.32 Å². The van der Waals surface area contributed by atoms with E-state index < -0.39 is 6.04 Å². The molecule has 2 rings (SSSR count). The quantitative estimate of drug-likeness (QED) is 0.877. The summed E-state index contributed by atoms with van der Waals surface area (Å²) in [7, 11) is 0. The van der Waals surface area contributed by atoms with Gasteiger partial charge in [-0.25, -0.2) is 0 Å². The van der Waals surface area contributed by atoms with E-state index in [1.165, 1.54) is 0 Å². The van der Waals surface area contributed by atoms with Gasteiger partial charge in [0.15, 0.2) is 0 Å². The van der Waals surface area contributed by atoms with Crippen molar-refractivity contribution < 1.29 is 9.59 Å². The van der Waals surface area contributed by atoms with Crippen LogP contribution in [0, 0.1) is 6.92 Å². The van der Waals surface area contributed by atoms with Gasteiger partial charge in [-0.2, -0.15) is 0 Å². The first-order chi connectivity index (χ1) is 8.04. The molecule has 0 bridgehead atoms. The second kappa shape index (κ2) is 4.87. The Morgan fingerprint density at radius 2 is 2.24 bits per heavy atom. The van der Waals surface area contributed by atoms with Gasteiger partial charge in [-0.1, -0.05) is 15.9 Å². The predicted octanol–water partition coefficient (Wildman–Crippen LogP) is 1.97. The summed E-state index contributed by atoms with van der Waals surface area (Å²) in [6.07, 6.45) is 0.993. The summed E-state index contributed by atoms with van der Waals surface area (Å²) in [5, 5.41) is 5.44. The second-order valence-corrected chi connectivity index (χ2v) is 5.08. The summed E-state index contributed by atoms with van der Waals surface area (Å²) >= 11 is 3.37. The van der Waals surface area contributed by atoms with E-state index in [4.69, 9.17) is 0 Å². The maximum atomic E-state index is 11.8. The summed E-state index contributed by atoms with van der Waals surface area (Å²) in [4.78, 5) is 22.9. The third kappa shape index (κ3) is 3.06. The van der Waals surface area contributed by atoms with Gasteiger partial charge in [0, 0.05) is 16.6 Å². The minimum absolute atomic E-state index is 0.0597. The Bertz CT molecular complexity index is 453. The van der Waals surface area contributed by atoms with E-state index >= 15 is 0 Å². The van der Waals surface area contributed by atoms with E-state index in [-0.39, 0.29) is 11.8 Å². The van der Waals surface area contributed by atoms with Crippen LogP contribution in [0.2, 0.25) is 0 Å². The topological polar surface area (TPSA) is 58.2 Å². The van der Waals surface area contributed by atoms with Crippen LogP contribution in [-0.2, 0) is 9.59 Å². The molecule has 1 aliphatic rings. The molecule has 1 heterocycles. The van der Waals surface area contributed by atoms with Gasteiger partial charge in [0.25, 0.3) is 0 Å². The Balaban J connectivity index is 2.05. The molecule has 1 aliphatic heterocycles. The van der Waals surface area contributed by atoms with Crippen LogP contribution in [0.15, 0.2) is 22.7 Å². The normalized spacial score (nSPS) is 18.9. The lowest BCUT2D eigenvalue weighted by atomic mass is 10.2. The molecule has 2 amide bonds. The van der Waals surface area contributed by atoms with Crippen LogP contribution in [-0.4, -0.2) is 17.9 Å². The third-order valence-electron chi connectivity index (χ3n) is 2.62. The highest BCUT2D eigenvalue weighted by molar-refractivity contribution is 9.10. The molecule has 2 N–H and O–H groups in total. The first-order valence-electron chi connectivity index (χ1n) is 5.42. The molecule has 0 aliphatic carbocycles. The van der Waals surface area contributed by atoms with Crippen molar-refractivity contribution in [3.63, 3.8) is 0 Å². The van der Waals surface area contributed by atoms with Crippen LogP contribution in [0.25, 0.3) is 0 Å². The molecule has 1 unspecified atom stereocenters. The fourth-order valence-corrected chi connectivity index (χ4v) is 2.46. The molecule has 90 valence electrons. The molecule has 0 radical (unpaired) electrons. The van der Waals surface area contributed by atoms with E-state index in [1.54, 1.807) is 0 Å². The Hall–Kier alpha value is -1.36. The Morgan fingerprint density at radius 3 is 2.82 bits per heavy atom. The number of carbonyl (C=O) groups excluding carboxylic acids is 2. The maximum absolute atomic E-state index is 11.8. The Labute approximate surface area is 108 Å². The van der Waals surface area contributed by atoms with Gasteiger partial charge in [0.1, 0.15) is 6.04 Å². The molecular weight excluding hydrogens is 284 g/mol. The van der Waals surface area contributed by atoms with Gasteiger partial charge < -0.3 is 10.6 Å². The molecule has 17 heavy (non-hydrogen) atoms. The fourth-order valence-electron chi connectivity index (χ4n) is 1.85. The molecule has 1 aromatic rings. The van der Waals surface area contributed by atoms with E-state index in [9.17, 15) is 9.59 Å². The van der Waals surface area contributed by atoms with Crippen LogP contribution < -0.4 is 10.6 Å². The van der Waals surface area contributed by atoms with Crippen molar-refractivity contribution in [3.8, 4) is 0 Å². The lowest BCUT2D eigenvalue weighted by Crippen LogP contribution is -2.37. The van der Waals surface area contributed by atoms with Crippen molar-refractivity contribution in [1.29, 1.82) is 0 Å². The van der Waals surface area contributed by atoms with E-state index in [0.717, 1.165) is 15.7 Å². The molecular formula is C12H13BrN2O2. The highest BCUT2D eigenvalue weighted by atomic mass is 79.9. The molecule has 5 heteroatoms. The first-order valence-corrected chi connectivity index (χ1v) is 6.21. The summed E-state index contributed by atoms with van der Waals surface area (Å²) in [6.45, 7) is 1.96. The predicted molar refractivity (Wildman–Crippen MR) is 68.7 cm³/mol. The van der Waals surface area contributed by atoms with E-state index in [0.29, 0.717) is 12.8 Å². The zero-order valence-corrected chi connectivity index (χ0v) is 11.0. The number of hydrogen-bond donors (Lipinski definition) is 2. The van der Waals surface area contributed by atoms with Crippen LogP contribution in [0.4, 0.5) is 5.69 Å². The minimum atomic E-state index is -0.401. The van der Waals surface area contributed by atoms with Gasteiger partial charge in [-0.3, -0.25) is 9.59 Å². The molecule has 0 saturated carbocycles. The molecule has 1 atom stereocenters. The number of benzene rings is 1. The van der Waals surface area contributed by atoms with Gasteiger partial charge in [0.2, 0.25) is 11.8 Å². The lowest BCUT2D eigenvalue weighted by molar-refractivity contribution is -0.122. The minimum Gasteiger partial charge on any atom is -0.344 e. The number of amides is 2. The fraction of sp³-hybridized carbons (Fsp3) is 0.333. The molecule has 4 nitrogen and oxygen atoms in total. The number of carbonyl (C=O) groups is 2.